The fourth-order valence-electron chi connectivity index (χ4n) is 2.22. The van der Waals surface area contributed by atoms with Crippen LogP contribution in [0.2, 0.25) is 0 Å². The van der Waals surface area contributed by atoms with E-state index in [4.69, 9.17) is 4.98 Å². The van der Waals surface area contributed by atoms with Gasteiger partial charge in [-0.15, -0.1) is 0 Å². The molecule has 1 aromatic heterocycles. The fraction of sp³-hybridized carbons (Fsp3) is 0.400. The molecule has 2 atom stereocenters. The lowest BCUT2D eigenvalue weighted by Gasteiger charge is -2.18. The highest BCUT2D eigenvalue weighted by molar-refractivity contribution is 9.09. The molecule has 0 N–H and O–H groups in total. The molecule has 0 aliphatic heterocycles. The molecule has 1 aromatic carbocycles. The molecular formula is C15H18BrN. The third-order valence-corrected chi connectivity index (χ3v) is 4.76. The smallest absolute Gasteiger partial charge is 0.0705 e. The van der Waals surface area contributed by atoms with Crippen molar-refractivity contribution in [2.75, 3.05) is 0 Å². The van der Waals surface area contributed by atoms with E-state index in [2.05, 4.69) is 61.0 Å². The van der Waals surface area contributed by atoms with Gasteiger partial charge in [0.2, 0.25) is 0 Å². The third kappa shape index (κ3) is 2.52. The normalized spacial score (nSPS) is 14.8. The minimum Gasteiger partial charge on any atom is -0.252 e. The summed E-state index contributed by atoms with van der Waals surface area (Å²) in [6, 6.07) is 10.6. The molecule has 0 aliphatic rings. The highest BCUT2D eigenvalue weighted by Crippen LogP contribution is 2.29. The molecule has 90 valence electrons. The molecule has 1 nitrogen and oxygen atoms in total. The van der Waals surface area contributed by atoms with Gasteiger partial charge in [-0.05, 0) is 31.0 Å². The van der Waals surface area contributed by atoms with Crippen LogP contribution in [0.5, 0.6) is 0 Å². The first-order chi connectivity index (χ1) is 8.13. The molecule has 0 saturated carbocycles. The number of pyridine rings is 1. The number of aryl methyl sites for hydroxylation is 1. The second-order valence-electron chi connectivity index (χ2n) is 4.60. The maximum absolute atomic E-state index is 4.81. The summed E-state index contributed by atoms with van der Waals surface area (Å²) in [6.07, 6.45) is 1.12. The van der Waals surface area contributed by atoms with Crippen LogP contribution in [0.4, 0.5) is 0 Å². The van der Waals surface area contributed by atoms with Gasteiger partial charge in [0.05, 0.1) is 5.52 Å². The number of hydrogen-bond donors (Lipinski definition) is 0. The van der Waals surface area contributed by atoms with E-state index in [0.717, 1.165) is 11.9 Å². The van der Waals surface area contributed by atoms with Gasteiger partial charge < -0.3 is 0 Å². The van der Waals surface area contributed by atoms with Gasteiger partial charge in [-0.2, -0.15) is 0 Å². The Hall–Kier alpha value is -0.890. The summed E-state index contributed by atoms with van der Waals surface area (Å²) >= 11 is 3.74. The van der Waals surface area contributed by atoms with Crippen molar-refractivity contribution in [3.05, 3.63) is 41.6 Å². The first kappa shape index (κ1) is 12.6. The predicted molar refractivity (Wildman–Crippen MR) is 77.9 cm³/mol. The van der Waals surface area contributed by atoms with Crippen molar-refractivity contribution in [1.82, 2.24) is 4.98 Å². The number of aromatic nitrogens is 1. The maximum Gasteiger partial charge on any atom is 0.0705 e. The van der Waals surface area contributed by atoms with E-state index in [0.29, 0.717) is 10.7 Å². The Morgan fingerprint density at radius 1 is 1.29 bits per heavy atom. The number of hydrogen-bond acceptors (Lipinski definition) is 1. The zero-order valence-corrected chi connectivity index (χ0v) is 12.2. The summed E-state index contributed by atoms with van der Waals surface area (Å²) in [7, 11) is 0. The minimum absolute atomic E-state index is 0.449. The molecular weight excluding hydrogens is 274 g/mol. The Morgan fingerprint density at radius 2 is 2.00 bits per heavy atom. The van der Waals surface area contributed by atoms with Crippen LogP contribution in [0.25, 0.3) is 10.9 Å². The van der Waals surface area contributed by atoms with E-state index >= 15 is 0 Å². The quantitative estimate of drug-likeness (QED) is 0.739. The molecule has 0 aliphatic carbocycles. The highest BCUT2D eigenvalue weighted by Gasteiger charge is 2.18. The van der Waals surface area contributed by atoms with Crippen LogP contribution in [0, 0.1) is 6.92 Å². The van der Waals surface area contributed by atoms with E-state index in [1.807, 2.05) is 6.07 Å². The van der Waals surface area contributed by atoms with Crippen LogP contribution in [-0.2, 0) is 0 Å². The topological polar surface area (TPSA) is 12.9 Å². The summed E-state index contributed by atoms with van der Waals surface area (Å²) in [5, 5.41) is 1.23. The Labute approximate surface area is 111 Å². The van der Waals surface area contributed by atoms with Gasteiger partial charge in [0, 0.05) is 21.8 Å². The number of nitrogens with zero attached hydrogens (tertiary/aromatic N) is 1. The van der Waals surface area contributed by atoms with Gasteiger partial charge in [-0.3, -0.25) is 4.98 Å². The zero-order valence-electron chi connectivity index (χ0n) is 10.6. The van der Waals surface area contributed by atoms with Crippen LogP contribution in [0.1, 0.15) is 37.4 Å². The van der Waals surface area contributed by atoms with E-state index in [-0.39, 0.29) is 0 Å². The van der Waals surface area contributed by atoms with Crippen molar-refractivity contribution in [3.63, 3.8) is 0 Å². The second kappa shape index (κ2) is 5.18. The van der Waals surface area contributed by atoms with E-state index in [1.165, 1.54) is 16.6 Å². The Morgan fingerprint density at radius 3 is 2.71 bits per heavy atom. The average Bonchev–Trinajstić information content (AvgIpc) is 2.36. The van der Waals surface area contributed by atoms with Crippen LogP contribution < -0.4 is 0 Å². The molecule has 0 fully saturated rings. The highest BCUT2D eigenvalue weighted by atomic mass is 79.9. The summed E-state index contributed by atoms with van der Waals surface area (Å²) in [5.41, 5.74) is 3.59. The largest absolute Gasteiger partial charge is 0.252 e. The molecule has 0 radical (unpaired) electrons. The lowest BCUT2D eigenvalue weighted by Crippen LogP contribution is -2.11. The van der Waals surface area contributed by atoms with Crippen molar-refractivity contribution in [3.8, 4) is 0 Å². The number of benzene rings is 1. The Balaban J connectivity index is 2.50. The Kier molecular flexibility index (Phi) is 3.82. The molecule has 0 saturated heterocycles. The molecule has 0 spiro atoms. The summed E-state index contributed by atoms with van der Waals surface area (Å²) in [4.78, 5) is 5.31. The lowest BCUT2D eigenvalue weighted by atomic mass is 9.97. The van der Waals surface area contributed by atoms with Gasteiger partial charge in [0.25, 0.3) is 0 Å². The molecule has 0 amide bonds. The van der Waals surface area contributed by atoms with Crippen LogP contribution >= 0.6 is 15.9 Å². The van der Waals surface area contributed by atoms with Crippen molar-refractivity contribution in [2.24, 2.45) is 0 Å². The summed E-state index contributed by atoms with van der Waals surface area (Å²) < 4.78 is 0. The summed E-state index contributed by atoms with van der Waals surface area (Å²) in [5.74, 6) is 0.449. The van der Waals surface area contributed by atoms with E-state index in [9.17, 15) is 0 Å². The van der Waals surface area contributed by atoms with Crippen LogP contribution in [-0.4, -0.2) is 9.81 Å². The first-order valence-electron chi connectivity index (χ1n) is 6.13. The van der Waals surface area contributed by atoms with Crippen molar-refractivity contribution in [1.29, 1.82) is 0 Å². The molecule has 0 bridgehead atoms. The molecule has 2 unspecified atom stereocenters. The number of fused-ring (bicyclic) bond motifs is 1. The molecule has 2 heteroatoms. The fourth-order valence-corrected chi connectivity index (χ4v) is 2.47. The molecule has 2 rings (SSSR count). The number of para-hydroxylation sites is 1. The van der Waals surface area contributed by atoms with Gasteiger partial charge in [-0.25, -0.2) is 0 Å². The van der Waals surface area contributed by atoms with Gasteiger partial charge in [0.15, 0.2) is 0 Å². The second-order valence-corrected chi connectivity index (χ2v) is 5.77. The standard InChI is InChI=1S/C15H18BrN/c1-4-13(16)11(3)15-10(2)9-12-7-5-6-8-14(12)17-15/h5-9,11,13H,4H2,1-3H3. The number of rotatable bonds is 3. The maximum atomic E-state index is 4.81. The van der Waals surface area contributed by atoms with Gasteiger partial charge >= 0.3 is 0 Å². The lowest BCUT2D eigenvalue weighted by molar-refractivity contribution is 0.673. The minimum atomic E-state index is 0.449. The van der Waals surface area contributed by atoms with E-state index in [1.54, 1.807) is 0 Å². The molecule has 17 heavy (non-hydrogen) atoms. The third-order valence-electron chi connectivity index (χ3n) is 3.32. The molecule has 1 heterocycles. The number of halogens is 1. The molecule has 2 aromatic rings. The van der Waals surface area contributed by atoms with Crippen molar-refractivity contribution >= 4 is 26.8 Å². The van der Waals surface area contributed by atoms with E-state index < -0.39 is 0 Å². The SMILES string of the molecule is CCC(Br)C(C)c1nc2ccccc2cc1C. The van der Waals surface area contributed by atoms with Gasteiger partial charge in [0.1, 0.15) is 0 Å². The zero-order chi connectivity index (χ0) is 12.4. The van der Waals surface area contributed by atoms with Crippen LogP contribution in [0.15, 0.2) is 30.3 Å². The Bertz CT molecular complexity index is 521. The van der Waals surface area contributed by atoms with Crippen molar-refractivity contribution in [2.45, 2.75) is 37.9 Å². The first-order valence-corrected chi connectivity index (χ1v) is 7.05. The number of alkyl halides is 1. The predicted octanol–water partition coefficient (Wildman–Crippen LogP) is 4.82. The van der Waals surface area contributed by atoms with Gasteiger partial charge in [-0.1, -0.05) is 48.0 Å². The van der Waals surface area contributed by atoms with Crippen LogP contribution in [0.3, 0.4) is 0 Å². The average molecular weight is 292 g/mol. The monoisotopic (exact) mass is 291 g/mol. The summed E-state index contributed by atoms with van der Waals surface area (Å²) in [6.45, 7) is 6.60. The van der Waals surface area contributed by atoms with Crippen molar-refractivity contribution < 1.29 is 0 Å².